The van der Waals surface area contributed by atoms with Crippen molar-refractivity contribution in [3.8, 4) is 0 Å². The zero-order chi connectivity index (χ0) is 15.5. The molecule has 0 amide bonds. The molecule has 0 atom stereocenters. The molecule has 5 nitrogen and oxygen atoms in total. The molecule has 0 aliphatic heterocycles. The fraction of sp³-hybridized carbons (Fsp3) is 0.417. The van der Waals surface area contributed by atoms with Gasteiger partial charge in [0.05, 0.1) is 10.5 Å². The first-order valence-corrected chi connectivity index (χ1v) is 5.76. The average molecular weight is 290 g/mol. The molecule has 0 radical (unpaired) electrons. The molecular weight excluding hydrogens is 277 g/mol. The van der Waals surface area contributed by atoms with Crippen molar-refractivity contribution in [1.82, 2.24) is 0 Å². The Bertz CT molecular complexity index is 529. The Morgan fingerprint density at radius 1 is 1.40 bits per heavy atom. The second-order valence-corrected chi connectivity index (χ2v) is 4.14. The van der Waals surface area contributed by atoms with Gasteiger partial charge in [0.1, 0.15) is 6.54 Å². The summed E-state index contributed by atoms with van der Waals surface area (Å²) in [5, 5.41) is 10.8. The number of nitro groups is 1. The Kier molecular flexibility index (Phi) is 4.69. The second kappa shape index (κ2) is 5.89. The van der Waals surface area contributed by atoms with Gasteiger partial charge in [0.15, 0.2) is 5.78 Å². The number of alkyl halides is 3. The highest BCUT2D eigenvalue weighted by atomic mass is 19.4. The van der Waals surface area contributed by atoms with Crippen molar-refractivity contribution in [2.45, 2.75) is 20.0 Å². The van der Waals surface area contributed by atoms with Crippen LogP contribution in [0.5, 0.6) is 0 Å². The Balaban J connectivity index is 3.22. The van der Waals surface area contributed by atoms with Crippen LogP contribution < -0.4 is 4.90 Å². The van der Waals surface area contributed by atoms with Crippen molar-refractivity contribution >= 4 is 17.2 Å². The lowest BCUT2D eigenvalue weighted by molar-refractivity contribution is -0.385. The summed E-state index contributed by atoms with van der Waals surface area (Å²) in [7, 11) is 0. The van der Waals surface area contributed by atoms with Gasteiger partial charge in [-0.15, -0.1) is 0 Å². The molecule has 0 heterocycles. The average Bonchev–Trinajstić information content (AvgIpc) is 2.33. The Hall–Kier alpha value is -2.12. The molecule has 1 aromatic rings. The molecule has 1 rings (SSSR count). The minimum absolute atomic E-state index is 0.0642. The van der Waals surface area contributed by atoms with Crippen LogP contribution in [0.1, 0.15) is 24.2 Å². The maximum atomic E-state index is 12.4. The number of carbonyl (C=O) groups is 1. The number of carbonyl (C=O) groups excluding carboxylic acids is 1. The van der Waals surface area contributed by atoms with E-state index in [1.807, 2.05) is 0 Å². The molecule has 0 aromatic heterocycles. The van der Waals surface area contributed by atoms with E-state index in [0.717, 1.165) is 24.0 Å². The lowest BCUT2D eigenvalue weighted by Gasteiger charge is -2.24. The van der Waals surface area contributed by atoms with Crippen LogP contribution in [0.15, 0.2) is 18.2 Å². The number of rotatable bonds is 5. The van der Waals surface area contributed by atoms with E-state index in [1.54, 1.807) is 0 Å². The van der Waals surface area contributed by atoms with Gasteiger partial charge in [-0.2, -0.15) is 13.2 Å². The van der Waals surface area contributed by atoms with Gasteiger partial charge < -0.3 is 4.90 Å². The largest absolute Gasteiger partial charge is 0.405 e. The third kappa shape index (κ3) is 3.94. The summed E-state index contributed by atoms with van der Waals surface area (Å²) in [4.78, 5) is 22.4. The van der Waals surface area contributed by atoms with Gasteiger partial charge in [-0.3, -0.25) is 14.9 Å². The molecule has 0 spiro atoms. The fourth-order valence-electron chi connectivity index (χ4n) is 1.76. The van der Waals surface area contributed by atoms with E-state index < -0.39 is 29.1 Å². The van der Waals surface area contributed by atoms with Crippen LogP contribution in [-0.4, -0.2) is 30.0 Å². The lowest BCUT2D eigenvalue weighted by Crippen LogP contribution is -2.34. The molecule has 0 saturated heterocycles. The van der Waals surface area contributed by atoms with Crippen LogP contribution in [0, 0.1) is 10.1 Å². The van der Waals surface area contributed by atoms with Crippen molar-refractivity contribution in [3.05, 3.63) is 33.9 Å². The highest BCUT2D eigenvalue weighted by molar-refractivity contribution is 5.99. The molecule has 0 fully saturated rings. The van der Waals surface area contributed by atoms with Gasteiger partial charge in [-0.05, 0) is 26.0 Å². The minimum atomic E-state index is -4.39. The topological polar surface area (TPSA) is 63.4 Å². The van der Waals surface area contributed by atoms with Crippen LogP contribution in [0.3, 0.4) is 0 Å². The lowest BCUT2D eigenvalue weighted by atomic mass is 10.1. The molecule has 0 bridgehead atoms. The molecule has 20 heavy (non-hydrogen) atoms. The molecule has 0 saturated carbocycles. The van der Waals surface area contributed by atoms with Gasteiger partial charge in [0.25, 0.3) is 5.69 Å². The number of halogens is 3. The zero-order valence-electron chi connectivity index (χ0n) is 10.9. The van der Waals surface area contributed by atoms with Gasteiger partial charge in [0.2, 0.25) is 0 Å². The number of benzene rings is 1. The first-order valence-electron chi connectivity index (χ1n) is 5.76. The zero-order valence-corrected chi connectivity index (χ0v) is 10.9. The van der Waals surface area contributed by atoms with Crippen molar-refractivity contribution < 1.29 is 22.9 Å². The number of Topliss-reactive ketones (excluding diaryl/α,β-unsaturated/α-hetero) is 1. The number of nitrogens with zero attached hydrogens (tertiary/aromatic N) is 2. The molecule has 1 aromatic carbocycles. The van der Waals surface area contributed by atoms with Crippen LogP contribution in [-0.2, 0) is 0 Å². The monoisotopic (exact) mass is 290 g/mol. The van der Waals surface area contributed by atoms with Crippen molar-refractivity contribution in [3.63, 3.8) is 0 Å². The van der Waals surface area contributed by atoms with Crippen molar-refractivity contribution in [2.75, 3.05) is 18.0 Å². The van der Waals surface area contributed by atoms with Gasteiger partial charge in [-0.25, -0.2) is 0 Å². The highest BCUT2D eigenvalue weighted by Gasteiger charge is 2.31. The molecule has 8 heteroatoms. The number of ketones is 1. The SMILES string of the molecule is CCN(CC(F)(F)F)c1ccc([N+](=O)[O-])c(C(C)=O)c1. The molecule has 0 aliphatic carbocycles. The maximum Gasteiger partial charge on any atom is 0.405 e. The number of hydrogen-bond acceptors (Lipinski definition) is 4. The summed E-state index contributed by atoms with van der Waals surface area (Å²) in [5.41, 5.74) is -0.488. The van der Waals surface area contributed by atoms with E-state index >= 15 is 0 Å². The van der Waals surface area contributed by atoms with Crippen molar-refractivity contribution in [1.29, 1.82) is 0 Å². The third-order valence-corrected chi connectivity index (χ3v) is 2.67. The third-order valence-electron chi connectivity index (χ3n) is 2.67. The quantitative estimate of drug-likeness (QED) is 0.474. The first-order chi connectivity index (χ1) is 9.15. The summed E-state index contributed by atoms with van der Waals surface area (Å²) in [6, 6.07) is 3.38. The molecule has 0 N–H and O–H groups in total. The predicted octanol–water partition coefficient (Wildman–Crippen LogP) is 3.19. The number of nitro benzene ring substituents is 1. The summed E-state index contributed by atoms with van der Waals surface area (Å²) in [6.07, 6.45) is -4.39. The Morgan fingerprint density at radius 3 is 2.40 bits per heavy atom. The summed E-state index contributed by atoms with van der Waals surface area (Å²) in [6.45, 7) is 1.54. The summed E-state index contributed by atoms with van der Waals surface area (Å²) in [5.74, 6) is -0.568. The predicted molar refractivity (Wildman–Crippen MR) is 67.0 cm³/mol. The van der Waals surface area contributed by atoms with Crippen LogP contribution >= 0.6 is 0 Å². The Labute approximate surface area is 113 Å². The van der Waals surface area contributed by atoms with Crippen LogP contribution in [0.25, 0.3) is 0 Å². The van der Waals surface area contributed by atoms with Crippen LogP contribution in [0.2, 0.25) is 0 Å². The standard InChI is InChI=1S/C12H13F3N2O3/c1-3-16(7-12(13,14)15)9-4-5-11(17(19)20)10(6-9)8(2)18/h4-6H,3,7H2,1-2H3. The van der Waals surface area contributed by atoms with Gasteiger partial charge >= 0.3 is 6.18 Å². The Morgan fingerprint density at radius 2 is 2.00 bits per heavy atom. The van der Waals surface area contributed by atoms with E-state index in [0.29, 0.717) is 0 Å². The molecule has 0 unspecified atom stereocenters. The van der Waals surface area contributed by atoms with E-state index in [9.17, 15) is 28.1 Å². The molecular formula is C12H13F3N2O3. The van der Waals surface area contributed by atoms with Crippen LogP contribution in [0.4, 0.5) is 24.5 Å². The fourth-order valence-corrected chi connectivity index (χ4v) is 1.76. The van der Waals surface area contributed by atoms with Gasteiger partial charge in [-0.1, -0.05) is 0 Å². The maximum absolute atomic E-state index is 12.4. The summed E-state index contributed by atoms with van der Waals surface area (Å²) < 4.78 is 37.3. The smallest absolute Gasteiger partial charge is 0.363 e. The second-order valence-electron chi connectivity index (χ2n) is 4.14. The first kappa shape index (κ1) is 15.9. The summed E-state index contributed by atoms with van der Waals surface area (Å²) >= 11 is 0. The van der Waals surface area contributed by atoms with E-state index in [-0.39, 0.29) is 17.8 Å². The molecule has 110 valence electrons. The number of hydrogen-bond donors (Lipinski definition) is 0. The normalized spacial score (nSPS) is 11.2. The van der Waals surface area contributed by atoms with E-state index in [1.165, 1.54) is 13.0 Å². The van der Waals surface area contributed by atoms with E-state index in [2.05, 4.69) is 0 Å². The van der Waals surface area contributed by atoms with E-state index in [4.69, 9.17) is 0 Å². The molecule has 0 aliphatic rings. The van der Waals surface area contributed by atoms with Crippen molar-refractivity contribution in [2.24, 2.45) is 0 Å². The number of anilines is 1. The highest BCUT2D eigenvalue weighted by Crippen LogP contribution is 2.27. The van der Waals surface area contributed by atoms with Gasteiger partial charge in [0, 0.05) is 18.3 Å². The minimum Gasteiger partial charge on any atom is -0.363 e.